The van der Waals surface area contributed by atoms with Crippen LogP contribution >= 0.6 is 11.6 Å². The van der Waals surface area contributed by atoms with Gasteiger partial charge in [0.2, 0.25) is 0 Å². The maximum atomic E-state index is 12.8. The number of allylic oxidation sites excluding steroid dienone is 1. The molecule has 0 aliphatic heterocycles. The minimum Gasteiger partial charge on any atom is -0.383 e. The van der Waals surface area contributed by atoms with Crippen LogP contribution in [0.1, 0.15) is 28.7 Å². The standard InChI is InChI=1S/C20H25ClN4O2/c1-4-25-17-7-5-15(21)11-14(17)12-18(25)20(26)23-16-6-8-19(22-13-16)24(2)9-10-27-3/h5-8,12-13,15H,4,9-11H2,1-3H3,(H,23,26). The molecule has 27 heavy (non-hydrogen) atoms. The van der Waals surface area contributed by atoms with Crippen molar-refractivity contribution in [1.29, 1.82) is 0 Å². The molecule has 3 rings (SSSR count). The predicted octanol–water partition coefficient (Wildman–Crippen LogP) is 3.41. The van der Waals surface area contributed by atoms with Crippen molar-refractivity contribution in [3.05, 3.63) is 47.4 Å². The molecule has 0 radical (unpaired) electrons. The van der Waals surface area contributed by atoms with Gasteiger partial charge < -0.3 is 19.5 Å². The van der Waals surface area contributed by atoms with E-state index in [2.05, 4.69) is 10.3 Å². The Labute approximate surface area is 164 Å². The van der Waals surface area contributed by atoms with Crippen LogP contribution in [-0.4, -0.2) is 48.1 Å². The Morgan fingerprint density at radius 1 is 1.48 bits per heavy atom. The number of anilines is 2. The highest BCUT2D eigenvalue weighted by Crippen LogP contribution is 2.26. The van der Waals surface area contributed by atoms with Gasteiger partial charge in [-0.3, -0.25) is 4.79 Å². The molecule has 0 fully saturated rings. The van der Waals surface area contributed by atoms with E-state index in [4.69, 9.17) is 16.3 Å². The second kappa shape index (κ2) is 8.59. The van der Waals surface area contributed by atoms with E-state index in [0.717, 1.165) is 36.6 Å². The fraction of sp³-hybridized carbons (Fsp3) is 0.400. The number of hydrogen-bond donors (Lipinski definition) is 1. The van der Waals surface area contributed by atoms with E-state index in [1.807, 2.05) is 53.8 Å². The smallest absolute Gasteiger partial charge is 0.272 e. The summed E-state index contributed by atoms with van der Waals surface area (Å²) in [5.74, 6) is 0.684. The second-order valence-electron chi connectivity index (χ2n) is 6.54. The first-order valence-corrected chi connectivity index (χ1v) is 9.49. The molecule has 2 aromatic heterocycles. The van der Waals surface area contributed by atoms with Gasteiger partial charge in [-0.25, -0.2) is 4.98 Å². The molecule has 6 nitrogen and oxygen atoms in total. The summed E-state index contributed by atoms with van der Waals surface area (Å²) >= 11 is 6.21. The van der Waals surface area contributed by atoms with Crippen molar-refractivity contribution < 1.29 is 9.53 Å². The van der Waals surface area contributed by atoms with Gasteiger partial charge in [-0.2, -0.15) is 0 Å². The van der Waals surface area contributed by atoms with Crippen LogP contribution in [0.5, 0.6) is 0 Å². The van der Waals surface area contributed by atoms with Crippen LogP contribution in [0.2, 0.25) is 0 Å². The number of fused-ring (bicyclic) bond motifs is 1. The van der Waals surface area contributed by atoms with Crippen molar-refractivity contribution in [2.24, 2.45) is 0 Å². The second-order valence-corrected chi connectivity index (χ2v) is 7.10. The largest absolute Gasteiger partial charge is 0.383 e. The van der Waals surface area contributed by atoms with E-state index >= 15 is 0 Å². The van der Waals surface area contributed by atoms with Crippen molar-refractivity contribution >= 4 is 35.1 Å². The number of nitrogens with zero attached hydrogens (tertiary/aromatic N) is 3. The molecular weight excluding hydrogens is 364 g/mol. The zero-order chi connectivity index (χ0) is 19.4. The van der Waals surface area contributed by atoms with Crippen molar-refractivity contribution in [1.82, 2.24) is 9.55 Å². The predicted molar refractivity (Wildman–Crippen MR) is 110 cm³/mol. The molecule has 0 saturated carbocycles. The fourth-order valence-corrected chi connectivity index (χ4v) is 3.45. The van der Waals surface area contributed by atoms with Crippen molar-refractivity contribution in [3.8, 4) is 0 Å². The summed E-state index contributed by atoms with van der Waals surface area (Å²) in [5.41, 5.74) is 3.47. The van der Waals surface area contributed by atoms with E-state index < -0.39 is 0 Å². The monoisotopic (exact) mass is 388 g/mol. The highest BCUT2D eigenvalue weighted by Gasteiger charge is 2.21. The number of pyridine rings is 1. The van der Waals surface area contributed by atoms with Gasteiger partial charge in [-0.1, -0.05) is 6.08 Å². The van der Waals surface area contributed by atoms with Crippen LogP contribution in [-0.2, 0) is 17.7 Å². The summed E-state index contributed by atoms with van der Waals surface area (Å²) in [5, 5.41) is 2.92. The van der Waals surface area contributed by atoms with Crippen molar-refractivity contribution in [3.63, 3.8) is 0 Å². The Bertz CT molecular complexity index is 829. The number of alkyl halides is 1. The summed E-state index contributed by atoms with van der Waals surface area (Å²) in [6.45, 7) is 4.13. The highest BCUT2D eigenvalue weighted by molar-refractivity contribution is 6.22. The quantitative estimate of drug-likeness (QED) is 0.738. The Morgan fingerprint density at radius 3 is 2.96 bits per heavy atom. The molecule has 2 heterocycles. The summed E-state index contributed by atoms with van der Waals surface area (Å²) in [7, 11) is 3.63. The zero-order valence-corrected chi connectivity index (χ0v) is 16.7. The first kappa shape index (κ1) is 19.5. The first-order chi connectivity index (χ1) is 13.0. The van der Waals surface area contributed by atoms with Gasteiger partial charge in [-0.05, 0) is 43.2 Å². The van der Waals surface area contributed by atoms with Crippen LogP contribution in [0.4, 0.5) is 11.5 Å². The summed E-state index contributed by atoms with van der Waals surface area (Å²) in [6, 6.07) is 5.68. The molecule has 1 atom stereocenters. The van der Waals surface area contributed by atoms with Crippen LogP contribution in [0.15, 0.2) is 30.5 Å². The molecule has 0 spiro atoms. The third kappa shape index (κ3) is 4.34. The average Bonchev–Trinajstić information content (AvgIpc) is 3.04. The minimum absolute atomic E-state index is 0.0204. The molecule has 1 unspecified atom stereocenters. The molecule has 1 N–H and O–H groups in total. The molecule has 7 heteroatoms. The molecule has 2 aromatic rings. The topological polar surface area (TPSA) is 59.4 Å². The highest BCUT2D eigenvalue weighted by atomic mass is 35.5. The van der Waals surface area contributed by atoms with E-state index in [1.54, 1.807) is 13.3 Å². The van der Waals surface area contributed by atoms with Crippen molar-refractivity contribution in [2.45, 2.75) is 25.3 Å². The number of hydrogen-bond acceptors (Lipinski definition) is 4. The van der Waals surface area contributed by atoms with Gasteiger partial charge in [0.25, 0.3) is 5.91 Å². The average molecular weight is 389 g/mol. The third-order valence-corrected chi connectivity index (χ3v) is 4.98. The Morgan fingerprint density at radius 2 is 2.30 bits per heavy atom. The third-order valence-electron chi connectivity index (χ3n) is 4.68. The minimum atomic E-state index is -0.145. The summed E-state index contributed by atoms with van der Waals surface area (Å²) in [4.78, 5) is 19.2. The lowest BCUT2D eigenvalue weighted by Crippen LogP contribution is -2.23. The van der Waals surface area contributed by atoms with Gasteiger partial charge in [0.1, 0.15) is 11.5 Å². The lowest BCUT2D eigenvalue weighted by molar-refractivity contribution is 0.101. The molecule has 144 valence electrons. The van der Waals surface area contributed by atoms with Gasteiger partial charge in [0.05, 0.1) is 23.9 Å². The lowest BCUT2D eigenvalue weighted by atomic mass is 10.0. The molecule has 1 aliphatic rings. The molecule has 0 saturated heterocycles. The molecule has 1 amide bonds. The maximum absolute atomic E-state index is 12.8. The number of methoxy groups -OCH3 is 1. The van der Waals surface area contributed by atoms with E-state index in [9.17, 15) is 4.79 Å². The summed E-state index contributed by atoms with van der Waals surface area (Å²) in [6.07, 6.45) is 6.39. The van der Waals surface area contributed by atoms with Gasteiger partial charge in [-0.15, -0.1) is 11.6 Å². The van der Waals surface area contributed by atoms with Crippen LogP contribution in [0, 0.1) is 0 Å². The number of rotatable bonds is 7. The number of aromatic nitrogens is 2. The van der Waals surface area contributed by atoms with Crippen molar-refractivity contribution in [2.75, 3.05) is 37.5 Å². The number of halogens is 1. The van der Waals surface area contributed by atoms with Gasteiger partial charge in [0, 0.05) is 32.9 Å². The van der Waals surface area contributed by atoms with E-state index in [-0.39, 0.29) is 11.3 Å². The Balaban J connectivity index is 1.73. The molecule has 0 bridgehead atoms. The lowest BCUT2D eigenvalue weighted by Gasteiger charge is -2.17. The summed E-state index contributed by atoms with van der Waals surface area (Å²) < 4.78 is 7.10. The Hall–Kier alpha value is -2.31. The number of likely N-dealkylation sites (N-methyl/N-ethyl adjacent to an activating group) is 1. The normalized spacial score (nSPS) is 15.5. The van der Waals surface area contributed by atoms with Crippen LogP contribution in [0.25, 0.3) is 6.08 Å². The number of carbonyl (C=O) groups is 1. The number of ether oxygens (including phenoxy) is 1. The zero-order valence-electron chi connectivity index (χ0n) is 15.9. The SMILES string of the molecule is CCn1c(C(=O)Nc2ccc(N(C)CCOC)nc2)cc2c1C=CC(Cl)C2. The van der Waals surface area contributed by atoms with E-state index in [0.29, 0.717) is 18.0 Å². The number of nitrogens with one attached hydrogen (secondary N) is 1. The molecular formula is C20H25ClN4O2. The van der Waals surface area contributed by atoms with Crippen LogP contribution in [0.3, 0.4) is 0 Å². The fourth-order valence-electron chi connectivity index (χ4n) is 3.21. The maximum Gasteiger partial charge on any atom is 0.272 e. The molecule has 1 aliphatic carbocycles. The van der Waals surface area contributed by atoms with E-state index in [1.165, 1.54) is 0 Å². The molecule has 0 aromatic carbocycles. The van der Waals surface area contributed by atoms with Gasteiger partial charge in [0.15, 0.2) is 0 Å². The Kier molecular flexibility index (Phi) is 6.19. The van der Waals surface area contributed by atoms with Gasteiger partial charge >= 0.3 is 0 Å². The number of amides is 1. The first-order valence-electron chi connectivity index (χ1n) is 9.05. The number of carbonyl (C=O) groups excluding carboxylic acids is 1. The van der Waals surface area contributed by atoms with Crippen LogP contribution < -0.4 is 10.2 Å².